The third kappa shape index (κ3) is 3.43. The van der Waals surface area contributed by atoms with Crippen LogP contribution in [0.25, 0.3) is 0 Å². The minimum Gasteiger partial charge on any atom is -0.461 e. The molecule has 78 valence electrons. The predicted octanol–water partition coefficient (Wildman–Crippen LogP) is 1.10. The molecule has 0 aromatic carbocycles. The van der Waals surface area contributed by atoms with Gasteiger partial charge in [0.25, 0.3) is 0 Å². The van der Waals surface area contributed by atoms with Gasteiger partial charge in [-0.15, -0.1) is 6.58 Å². The van der Waals surface area contributed by atoms with Crippen LogP contribution in [-0.4, -0.2) is 29.9 Å². The van der Waals surface area contributed by atoms with Gasteiger partial charge in [-0.05, 0) is 6.92 Å². The van der Waals surface area contributed by atoms with Crippen molar-refractivity contribution in [2.75, 3.05) is 13.2 Å². The normalized spacial score (nSPS) is 9.00. The Morgan fingerprint density at radius 2 is 2.07 bits per heavy atom. The lowest BCUT2D eigenvalue weighted by atomic mass is 10.3. The van der Waals surface area contributed by atoms with E-state index in [-0.39, 0.29) is 24.8 Å². The molecule has 14 heavy (non-hydrogen) atoms. The molecule has 0 atom stereocenters. The number of ether oxygens (including phenoxy) is 1. The molecule has 0 fully saturated rings. The summed E-state index contributed by atoms with van der Waals surface area (Å²) in [4.78, 5) is 23.5. The van der Waals surface area contributed by atoms with Crippen molar-refractivity contribution >= 4 is 11.9 Å². The second-order valence-corrected chi connectivity index (χ2v) is 2.59. The van der Waals surface area contributed by atoms with Crippen molar-refractivity contribution in [3.63, 3.8) is 0 Å². The number of rotatable bonds is 5. The summed E-state index contributed by atoms with van der Waals surface area (Å²) in [5, 5.41) is 0. The average Bonchev–Trinajstić information content (AvgIpc) is 2.13. The molecule has 0 radical (unpaired) electrons. The van der Waals surface area contributed by atoms with Crippen LogP contribution in [0.2, 0.25) is 0 Å². The van der Waals surface area contributed by atoms with Gasteiger partial charge in [-0.1, -0.05) is 12.7 Å². The summed E-state index contributed by atoms with van der Waals surface area (Å²) in [5.74, 6) is -0.840. The van der Waals surface area contributed by atoms with Crippen molar-refractivity contribution in [3.8, 4) is 0 Å². The summed E-state index contributed by atoms with van der Waals surface area (Å²) < 4.78 is 4.71. The number of carbonyl (C=O) groups excluding carboxylic acids is 2. The van der Waals surface area contributed by atoms with Crippen LogP contribution in [0.3, 0.4) is 0 Å². The fraction of sp³-hybridized carbons (Fsp3) is 0.400. The fourth-order valence-electron chi connectivity index (χ4n) is 0.882. The van der Waals surface area contributed by atoms with Gasteiger partial charge in [0, 0.05) is 13.5 Å². The summed E-state index contributed by atoms with van der Waals surface area (Å²) in [5.41, 5.74) is 0.0410. The van der Waals surface area contributed by atoms with Gasteiger partial charge < -0.3 is 9.64 Å². The molecule has 0 saturated carbocycles. The second kappa shape index (κ2) is 5.96. The van der Waals surface area contributed by atoms with E-state index in [1.807, 2.05) is 0 Å². The molecule has 0 aromatic heterocycles. The van der Waals surface area contributed by atoms with Gasteiger partial charge in [-0.25, -0.2) is 4.79 Å². The monoisotopic (exact) mass is 197 g/mol. The molecule has 0 spiro atoms. The van der Waals surface area contributed by atoms with Crippen LogP contribution in [0, 0.1) is 0 Å². The van der Waals surface area contributed by atoms with Gasteiger partial charge in [0.05, 0.1) is 6.61 Å². The zero-order valence-electron chi connectivity index (χ0n) is 8.58. The molecule has 0 aliphatic rings. The topological polar surface area (TPSA) is 46.6 Å². The van der Waals surface area contributed by atoms with E-state index >= 15 is 0 Å². The zero-order chi connectivity index (χ0) is 11.1. The Balaban J connectivity index is 4.50. The number of hydrogen-bond acceptors (Lipinski definition) is 3. The summed E-state index contributed by atoms with van der Waals surface area (Å²) in [6.07, 6.45) is 1.52. The minimum atomic E-state index is -0.579. The van der Waals surface area contributed by atoms with E-state index < -0.39 is 5.97 Å². The quantitative estimate of drug-likeness (QED) is 0.376. The third-order valence-electron chi connectivity index (χ3n) is 1.53. The molecule has 1 amide bonds. The summed E-state index contributed by atoms with van der Waals surface area (Å²) >= 11 is 0. The van der Waals surface area contributed by atoms with E-state index in [2.05, 4.69) is 13.2 Å². The zero-order valence-corrected chi connectivity index (χ0v) is 8.58. The maximum atomic E-state index is 11.2. The van der Waals surface area contributed by atoms with Crippen LogP contribution < -0.4 is 0 Å². The fourth-order valence-corrected chi connectivity index (χ4v) is 0.882. The molecule has 0 rings (SSSR count). The van der Waals surface area contributed by atoms with E-state index in [9.17, 15) is 9.59 Å². The Hall–Kier alpha value is -1.58. The molecule has 0 aromatic rings. The van der Waals surface area contributed by atoms with Crippen molar-refractivity contribution in [1.29, 1.82) is 0 Å². The maximum absolute atomic E-state index is 11.2. The Bertz CT molecular complexity index is 258. The first-order chi connectivity index (χ1) is 6.54. The minimum absolute atomic E-state index is 0.0410. The number of nitrogens with zero attached hydrogens (tertiary/aromatic N) is 1. The maximum Gasteiger partial charge on any atom is 0.354 e. The smallest absolute Gasteiger partial charge is 0.354 e. The Morgan fingerprint density at radius 3 is 2.43 bits per heavy atom. The van der Waals surface area contributed by atoms with E-state index in [4.69, 9.17) is 4.74 Å². The molecule has 0 aliphatic heterocycles. The molecule has 0 heterocycles. The Morgan fingerprint density at radius 1 is 1.50 bits per heavy atom. The number of amides is 1. The number of esters is 1. The van der Waals surface area contributed by atoms with Gasteiger partial charge in [0.15, 0.2) is 0 Å². The van der Waals surface area contributed by atoms with Crippen molar-refractivity contribution < 1.29 is 14.3 Å². The van der Waals surface area contributed by atoms with Crippen molar-refractivity contribution in [2.45, 2.75) is 13.8 Å². The van der Waals surface area contributed by atoms with Crippen LogP contribution in [0.15, 0.2) is 24.9 Å². The molecular weight excluding hydrogens is 182 g/mol. The average molecular weight is 197 g/mol. The highest BCUT2D eigenvalue weighted by Crippen LogP contribution is 2.04. The SMILES string of the molecule is C=CCN(C(=C)C(=O)OCC)C(C)=O. The first-order valence-corrected chi connectivity index (χ1v) is 4.29. The second-order valence-electron chi connectivity index (χ2n) is 2.59. The van der Waals surface area contributed by atoms with E-state index in [0.717, 1.165) is 0 Å². The lowest BCUT2D eigenvalue weighted by molar-refractivity contribution is -0.143. The molecule has 0 aliphatic carbocycles. The van der Waals surface area contributed by atoms with Crippen molar-refractivity contribution in [1.82, 2.24) is 4.90 Å². The Kier molecular flexibility index (Phi) is 5.29. The molecule has 4 heteroatoms. The first-order valence-electron chi connectivity index (χ1n) is 4.29. The van der Waals surface area contributed by atoms with Crippen molar-refractivity contribution in [3.05, 3.63) is 24.9 Å². The van der Waals surface area contributed by atoms with Crippen molar-refractivity contribution in [2.24, 2.45) is 0 Å². The van der Waals surface area contributed by atoms with Gasteiger partial charge in [-0.3, -0.25) is 4.79 Å². The lowest BCUT2D eigenvalue weighted by Gasteiger charge is -2.19. The molecule has 0 N–H and O–H groups in total. The van der Waals surface area contributed by atoms with Gasteiger partial charge in [0.1, 0.15) is 5.70 Å². The molecule has 0 unspecified atom stereocenters. The van der Waals surface area contributed by atoms with Crippen LogP contribution in [0.5, 0.6) is 0 Å². The van der Waals surface area contributed by atoms with Gasteiger partial charge >= 0.3 is 5.97 Å². The van der Waals surface area contributed by atoms with Gasteiger partial charge in [-0.2, -0.15) is 0 Å². The number of hydrogen-bond donors (Lipinski definition) is 0. The van der Waals surface area contributed by atoms with E-state index in [1.54, 1.807) is 6.92 Å². The van der Waals surface area contributed by atoms with E-state index in [1.165, 1.54) is 17.9 Å². The molecular formula is C10H15NO3. The third-order valence-corrected chi connectivity index (χ3v) is 1.53. The highest BCUT2D eigenvalue weighted by molar-refractivity contribution is 5.92. The largest absolute Gasteiger partial charge is 0.461 e. The highest BCUT2D eigenvalue weighted by Gasteiger charge is 2.18. The lowest BCUT2D eigenvalue weighted by Crippen LogP contribution is -2.32. The van der Waals surface area contributed by atoms with Gasteiger partial charge in [0.2, 0.25) is 5.91 Å². The number of carbonyl (C=O) groups is 2. The molecule has 0 saturated heterocycles. The molecule has 0 bridgehead atoms. The highest BCUT2D eigenvalue weighted by atomic mass is 16.5. The predicted molar refractivity (Wildman–Crippen MR) is 53.4 cm³/mol. The summed E-state index contributed by atoms with van der Waals surface area (Å²) in [7, 11) is 0. The Labute approximate surface area is 83.8 Å². The summed E-state index contributed by atoms with van der Waals surface area (Å²) in [6, 6.07) is 0. The van der Waals surface area contributed by atoms with Crippen LogP contribution in [-0.2, 0) is 14.3 Å². The van der Waals surface area contributed by atoms with Crippen LogP contribution >= 0.6 is 0 Å². The summed E-state index contributed by atoms with van der Waals surface area (Å²) in [6.45, 7) is 10.5. The standard InChI is InChI=1S/C10H15NO3/c1-5-7-11(9(4)12)8(3)10(13)14-6-2/h5H,1,3,6-7H2,2,4H3. The van der Waals surface area contributed by atoms with Crippen LogP contribution in [0.4, 0.5) is 0 Å². The van der Waals surface area contributed by atoms with Crippen LogP contribution in [0.1, 0.15) is 13.8 Å². The first kappa shape index (κ1) is 12.4. The van der Waals surface area contributed by atoms with E-state index in [0.29, 0.717) is 0 Å². The molecule has 4 nitrogen and oxygen atoms in total.